The highest BCUT2D eigenvalue weighted by Gasteiger charge is 2.40. The van der Waals surface area contributed by atoms with Crippen LogP contribution in [0.1, 0.15) is 30.4 Å². The number of nitrogens with two attached hydrogens (primary N) is 1. The second kappa shape index (κ2) is 9.06. The normalized spacial score (nSPS) is 17.4. The van der Waals surface area contributed by atoms with Gasteiger partial charge < -0.3 is 11.1 Å². The summed E-state index contributed by atoms with van der Waals surface area (Å²) in [5, 5.41) is 6.69. The maximum Gasteiger partial charge on any atom is 0.242 e. The van der Waals surface area contributed by atoms with Crippen LogP contribution in [0.15, 0.2) is 48.8 Å². The van der Waals surface area contributed by atoms with Gasteiger partial charge in [-0.3, -0.25) is 15.1 Å². The van der Waals surface area contributed by atoms with Gasteiger partial charge in [0, 0.05) is 24.4 Å². The van der Waals surface area contributed by atoms with Crippen molar-refractivity contribution in [3.8, 4) is 0 Å². The van der Waals surface area contributed by atoms with Crippen molar-refractivity contribution < 1.29 is 9.18 Å². The molecule has 4 N–H and O–H groups in total. The molecular weight excluding hydrogens is 343 g/mol. The zero-order valence-corrected chi connectivity index (χ0v) is 15.5. The highest BCUT2D eigenvalue weighted by Crippen LogP contribution is 2.29. The number of hydrogen-bond acceptors (Lipinski definition) is 4. The first-order valence-corrected chi connectivity index (χ1v) is 9.51. The van der Waals surface area contributed by atoms with Crippen LogP contribution in [0.25, 0.3) is 0 Å². The number of carbonyl (C=O) groups is 1. The number of pyridine rings is 1. The Hall–Kier alpha value is -2.31. The Balaban J connectivity index is 1.86. The Labute approximate surface area is 159 Å². The fraction of sp³-hybridized carbons (Fsp3) is 0.429. The quantitative estimate of drug-likeness (QED) is 0.665. The van der Waals surface area contributed by atoms with Gasteiger partial charge in [-0.15, -0.1) is 0 Å². The molecule has 1 aliphatic rings. The van der Waals surface area contributed by atoms with Crippen molar-refractivity contribution in [2.45, 2.75) is 31.2 Å². The average molecular weight is 370 g/mol. The Kier molecular flexibility index (Phi) is 6.53. The predicted molar refractivity (Wildman–Crippen MR) is 103 cm³/mol. The number of hydrogen-bond donors (Lipinski definition) is 3. The van der Waals surface area contributed by atoms with E-state index in [1.54, 1.807) is 30.6 Å². The van der Waals surface area contributed by atoms with Gasteiger partial charge in [0.2, 0.25) is 5.91 Å². The molecule has 1 fully saturated rings. The van der Waals surface area contributed by atoms with E-state index in [9.17, 15) is 9.18 Å². The smallest absolute Gasteiger partial charge is 0.242 e. The van der Waals surface area contributed by atoms with E-state index < -0.39 is 17.3 Å². The van der Waals surface area contributed by atoms with Gasteiger partial charge in [-0.25, -0.2) is 4.39 Å². The summed E-state index contributed by atoms with van der Waals surface area (Å²) in [4.78, 5) is 16.6. The SMILES string of the molecule is NC(=O)C(Cc1ccncc1)(NCCC1CCNCC1)c1ccccc1F. The first-order valence-electron chi connectivity index (χ1n) is 9.51. The molecule has 27 heavy (non-hydrogen) atoms. The first kappa shape index (κ1) is 19.5. The van der Waals surface area contributed by atoms with Crippen LogP contribution in [0.3, 0.4) is 0 Å². The van der Waals surface area contributed by atoms with Gasteiger partial charge in [0.15, 0.2) is 0 Å². The van der Waals surface area contributed by atoms with Gasteiger partial charge in [0.1, 0.15) is 11.4 Å². The van der Waals surface area contributed by atoms with Gasteiger partial charge in [0.05, 0.1) is 0 Å². The van der Waals surface area contributed by atoms with Gasteiger partial charge >= 0.3 is 0 Å². The lowest BCUT2D eigenvalue weighted by atomic mass is 9.82. The first-order chi connectivity index (χ1) is 13.1. The molecule has 1 aromatic heterocycles. The van der Waals surface area contributed by atoms with E-state index in [0.717, 1.165) is 37.9 Å². The molecule has 0 bridgehead atoms. The van der Waals surface area contributed by atoms with Crippen molar-refractivity contribution in [3.05, 3.63) is 65.7 Å². The Morgan fingerprint density at radius 3 is 2.59 bits per heavy atom. The number of benzene rings is 1. The summed E-state index contributed by atoms with van der Waals surface area (Å²) < 4.78 is 14.7. The highest BCUT2D eigenvalue weighted by molar-refractivity contribution is 5.86. The van der Waals surface area contributed by atoms with E-state index in [1.807, 2.05) is 12.1 Å². The van der Waals surface area contributed by atoms with Crippen molar-refractivity contribution in [2.24, 2.45) is 11.7 Å². The van der Waals surface area contributed by atoms with Gasteiger partial charge in [-0.1, -0.05) is 18.2 Å². The standard InChI is InChI=1S/C21H27FN4O/c22-19-4-2-1-3-18(19)21(20(23)27,15-17-7-12-25-13-8-17)26-14-9-16-5-10-24-11-6-16/h1-4,7-8,12-13,16,24,26H,5-6,9-11,14-15H2,(H2,23,27). The summed E-state index contributed by atoms with van der Waals surface area (Å²) in [7, 11) is 0. The number of nitrogens with one attached hydrogen (secondary N) is 2. The summed E-state index contributed by atoms with van der Waals surface area (Å²) >= 11 is 0. The average Bonchev–Trinajstić information content (AvgIpc) is 2.69. The van der Waals surface area contributed by atoms with E-state index in [4.69, 9.17) is 5.73 Å². The summed E-state index contributed by atoms with van der Waals surface area (Å²) in [6, 6.07) is 10.0. The van der Waals surface area contributed by atoms with Gasteiger partial charge in [-0.05, 0) is 68.6 Å². The van der Waals surface area contributed by atoms with Crippen LogP contribution < -0.4 is 16.4 Å². The fourth-order valence-electron chi connectivity index (χ4n) is 3.83. The molecule has 6 heteroatoms. The van der Waals surface area contributed by atoms with Crippen LogP contribution in [0, 0.1) is 11.7 Å². The van der Waals surface area contributed by atoms with Crippen LogP contribution in [-0.4, -0.2) is 30.5 Å². The Morgan fingerprint density at radius 1 is 1.22 bits per heavy atom. The molecule has 1 aromatic carbocycles. The lowest BCUT2D eigenvalue weighted by Crippen LogP contribution is -2.55. The zero-order valence-electron chi connectivity index (χ0n) is 15.5. The summed E-state index contributed by atoms with van der Waals surface area (Å²) in [5.74, 6) is -0.402. The number of halogens is 1. The number of piperidine rings is 1. The molecule has 0 spiro atoms. The number of aromatic nitrogens is 1. The van der Waals surface area contributed by atoms with Gasteiger partial charge in [0.25, 0.3) is 0 Å². The summed E-state index contributed by atoms with van der Waals surface area (Å²) in [6.45, 7) is 2.65. The number of carbonyl (C=O) groups excluding carboxylic acids is 1. The minimum Gasteiger partial charge on any atom is -0.368 e. The van der Waals surface area contributed by atoms with Crippen LogP contribution in [-0.2, 0) is 16.8 Å². The molecule has 5 nitrogen and oxygen atoms in total. The molecular formula is C21H27FN4O. The molecule has 2 aromatic rings. The van der Waals surface area contributed by atoms with E-state index in [-0.39, 0.29) is 6.42 Å². The third-order valence-corrected chi connectivity index (χ3v) is 5.41. The van der Waals surface area contributed by atoms with Crippen molar-refractivity contribution in [3.63, 3.8) is 0 Å². The minimum absolute atomic E-state index is 0.276. The second-order valence-electron chi connectivity index (χ2n) is 7.19. The van der Waals surface area contributed by atoms with Crippen molar-refractivity contribution in [1.82, 2.24) is 15.6 Å². The Bertz CT molecular complexity index is 749. The topological polar surface area (TPSA) is 80.0 Å². The largest absolute Gasteiger partial charge is 0.368 e. The number of amides is 1. The summed E-state index contributed by atoms with van der Waals surface area (Å²) in [6.07, 6.45) is 6.78. The summed E-state index contributed by atoms with van der Waals surface area (Å²) in [5.41, 5.74) is 5.72. The van der Waals surface area contributed by atoms with Crippen LogP contribution in [0.5, 0.6) is 0 Å². The predicted octanol–water partition coefficient (Wildman–Crippen LogP) is 2.12. The minimum atomic E-state index is -1.29. The third kappa shape index (κ3) is 4.70. The molecule has 1 saturated heterocycles. The highest BCUT2D eigenvalue weighted by atomic mass is 19.1. The molecule has 1 amide bonds. The molecule has 3 rings (SSSR count). The van der Waals surface area contributed by atoms with E-state index in [2.05, 4.69) is 15.6 Å². The van der Waals surface area contributed by atoms with Crippen molar-refractivity contribution >= 4 is 5.91 Å². The molecule has 2 heterocycles. The molecule has 0 radical (unpaired) electrons. The molecule has 1 unspecified atom stereocenters. The Morgan fingerprint density at radius 2 is 1.93 bits per heavy atom. The van der Waals surface area contributed by atoms with E-state index in [1.165, 1.54) is 6.07 Å². The second-order valence-corrected chi connectivity index (χ2v) is 7.19. The maximum absolute atomic E-state index is 14.7. The molecule has 0 saturated carbocycles. The van der Waals surface area contributed by atoms with E-state index >= 15 is 0 Å². The fourth-order valence-corrected chi connectivity index (χ4v) is 3.83. The van der Waals surface area contributed by atoms with Crippen molar-refractivity contribution in [2.75, 3.05) is 19.6 Å². The molecule has 1 atom stereocenters. The third-order valence-electron chi connectivity index (χ3n) is 5.41. The van der Waals surface area contributed by atoms with Crippen molar-refractivity contribution in [1.29, 1.82) is 0 Å². The van der Waals surface area contributed by atoms with Gasteiger partial charge in [-0.2, -0.15) is 0 Å². The number of nitrogens with zero attached hydrogens (tertiary/aromatic N) is 1. The monoisotopic (exact) mass is 370 g/mol. The zero-order chi connectivity index (χ0) is 19.1. The molecule has 1 aliphatic heterocycles. The lowest BCUT2D eigenvalue weighted by Gasteiger charge is -2.34. The molecule has 0 aliphatic carbocycles. The van der Waals surface area contributed by atoms with Crippen LogP contribution in [0.4, 0.5) is 4.39 Å². The maximum atomic E-state index is 14.7. The van der Waals surface area contributed by atoms with Crippen LogP contribution >= 0.6 is 0 Å². The lowest BCUT2D eigenvalue weighted by molar-refractivity contribution is -0.125. The molecule has 144 valence electrons. The van der Waals surface area contributed by atoms with E-state index in [0.29, 0.717) is 18.0 Å². The van der Waals surface area contributed by atoms with Crippen LogP contribution in [0.2, 0.25) is 0 Å². The number of rotatable bonds is 8. The number of primary amides is 1.